The van der Waals surface area contributed by atoms with Crippen molar-refractivity contribution in [2.75, 3.05) is 13.2 Å². The van der Waals surface area contributed by atoms with Gasteiger partial charge in [0.15, 0.2) is 12.1 Å². The highest BCUT2D eigenvalue weighted by Crippen LogP contribution is 2.35. The Morgan fingerprint density at radius 1 is 1.03 bits per heavy atom. The molecule has 35 heavy (non-hydrogen) atoms. The number of carbonyl (C=O) groups is 1. The summed E-state index contributed by atoms with van der Waals surface area (Å²) < 4.78 is 11.0. The van der Waals surface area contributed by atoms with Gasteiger partial charge in [0.05, 0.1) is 31.0 Å². The topological polar surface area (TPSA) is 303 Å². The quantitative estimate of drug-likeness (QED) is 0.114. The van der Waals surface area contributed by atoms with Crippen molar-refractivity contribution >= 4 is 5.78 Å². The zero-order valence-corrected chi connectivity index (χ0v) is 18.3. The zero-order valence-electron chi connectivity index (χ0n) is 18.3. The van der Waals surface area contributed by atoms with Crippen LogP contribution < -0.4 is 0 Å². The van der Waals surface area contributed by atoms with E-state index < -0.39 is 85.8 Å². The van der Waals surface area contributed by atoms with E-state index in [1.807, 2.05) is 0 Å². The number of aliphatic hydroxyl groups excluding tert-OH is 6. The van der Waals surface area contributed by atoms with E-state index in [4.69, 9.17) is 26.1 Å². The van der Waals surface area contributed by atoms with Crippen LogP contribution >= 0.6 is 0 Å². The van der Waals surface area contributed by atoms with Gasteiger partial charge >= 0.3 is 0 Å². The molecular weight excluding hydrogens is 474 g/mol. The summed E-state index contributed by atoms with van der Waals surface area (Å²) in [4.78, 5) is 20.1. The Balaban J connectivity index is 2.20. The summed E-state index contributed by atoms with van der Waals surface area (Å²) in [5.41, 5.74) is 26.1. The Morgan fingerprint density at radius 2 is 1.71 bits per heavy atom. The minimum atomic E-state index is -1.75. The Hall–Kier alpha value is -2.72. The van der Waals surface area contributed by atoms with Crippen LogP contribution in [0.4, 0.5) is 0 Å². The van der Waals surface area contributed by atoms with E-state index >= 15 is 0 Å². The van der Waals surface area contributed by atoms with E-state index in [1.165, 1.54) is 0 Å². The molecule has 1 saturated heterocycles. The molecule has 1 aliphatic heterocycles. The highest BCUT2D eigenvalue weighted by Gasteiger charge is 2.50. The summed E-state index contributed by atoms with van der Waals surface area (Å²) in [5, 5.41) is 71.0. The maximum Gasteiger partial charge on any atom is 0.169 e. The number of azide groups is 3. The number of carbonyl (C=O) groups excluding carboxylic acids is 1. The van der Waals surface area contributed by atoms with Crippen molar-refractivity contribution in [1.82, 2.24) is 0 Å². The maximum atomic E-state index is 12.3. The maximum absolute atomic E-state index is 12.3. The van der Waals surface area contributed by atoms with Crippen molar-refractivity contribution in [1.29, 1.82) is 0 Å². The summed E-state index contributed by atoms with van der Waals surface area (Å²) in [7, 11) is 0. The van der Waals surface area contributed by atoms with Crippen LogP contribution in [0.25, 0.3) is 31.3 Å². The van der Waals surface area contributed by atoms with E-state index in [0.717, 1.165) is 0 Å². The van der Waals surface area contributed by atoms with Crippen molar-refractivity contribution in [3.05, 3.63) is 31.3 Å². The van der Waals surface area contributed by atoms with Gasteiger partial charge < -0.3 is 40.1 Å². The number of ketones is 1. The summed E-state index contributed by atoms with van der Waals surface area (Å²) in [6, 6.07) is -2.68. The Bertz CT molecular complexity index is 877. The number of Topliss-reactive ketones (excluding diaryl/α,β-unsaturated/α-hetero) is 1. The van der Waals surface area contributed by atoms with Gasteiger partial charge in [-0.15, -0.1) is 0 Å². The number of hydrogen-bond donors (Lipinski definition) is 6. The minimum Gasteiger partial charge on any atom is -0.394 e. The molecule has 0 spiro atoms. The van der Waals surface area contributed by atoms with Crippen molar-refractivity contribution in [3.63, 3.8) is 0 Å². The minimum absolute atomic E-state index is 0.125. The van der Waals surface area contributed by atoms with E-state index in [-0.39, 0.29) is 19.4 Å². The monoisotopic (exact) mass is 501 g/mol. The van der Waals surface area contributed by atoms with E-state index in [2.05, 4.69) is 30.1 Å². The fourth-order valence-corrected chi connectivity index (χ4v) is 4.14. The Morgan fingerprint density at radius 3 is 2.31 bits per heavy atom. The van der Waals surface area contributed by atoms with Crippen LogP contribution in [0.3, 0.4) is 0 Å². The van der Waals surface area contributed by atoms with Crippen molar-refractivity contribution < 1.29 is 44.9 Å². The molecule has 1 heterocycles. The van der Waals surface area contributed by atoms with Crippen LogP contribution in [0, 0.1) is 5.92 Å². The van der Waals surface area contributed by atoms with Gasteiger partial charge in [0.2, 0.25) is 0 Å². The second-order valence-corrected chi connectivity index (χ2v) is 8.18. The van der Waals surface area contributed by atoms with Gasteiger partial charge in [-0.3, -0.25) is 4.79 Å². The van der Waals surface area contributed by atoms with E-state index in [9.17, 15) is 35.4 Å². The normalized spacial score (nSPS) is 37.8. The Labute approximate surface area is 197 Å². The second-order valence-electron chi connectivity index (χ2n) is 8.18. The third kappa shape index (κ3) is 6.91. The van der Waals surface area contributed by atoms with E-state index in [0.29, 0.717) is 0 Å². The molecule has 0 aromatic rings. The second kappa shape index (κ2) is 13.4. The molecule has 1 aliphatic carbocycles. The van der Waals surface area contributed by atoms with Crippen molar-refractivity contribution in [2.24, 2.45) is 21.3 Å². The van der Waals surface area contributed by atoms with Crippen LogP contribution in [0.15, 0.2) is 15.3 Å². The molecule has 11 atom stereocenters. The lowest BCUT2D eigenvalue weighted by atomic mass is 9.76. The molecule has 0 bridgehead atoms. The number of ether oxygens (including phenoxy) is 2. The highest BCUT2D eigenvalue weighted by molar-refractivity contribution is 5.83. The first kappa shape index (κ1) is 28.5. The molecule has 0 aromatic carbocycles. The molecule has 6 N–H and O–H groups in total. The predicted molar refractivity (Wildman–Crippen MR) is 113 cm³/mol. The van der Waals surface area contributed by atoms with E-state index in [1.54, 1.807) is 0 Å². The molecule has 0 aromatic heterocycles. The summed E-state index contributed by atoms with van der Waals surface area (Å²) in [5.74, 6) is -1.63. The summed E-state index contributed by atoms with van der Waals surface area (Å²) in [6.07, 6.45) is -13.2. The lowest BCUT2D eigenvalue weighted by Crippen LogP contribution is -2.62. The van der Waals surface area contributed by atoms with Gasteiger partial charge in [0, 0.05) is 27.7 Å². The SMILES string of the molecule is [N-]=[N+]=NCC[C@H](O)C(=O)C[C@@H]1CC(N=[N+]=[N-])[C@@H](O[C@H]2OC(CO)[C@@H](O)C(O)[C@@H]2N=[N+]=[N-])C(O)[C@@H]1O. The van der Waals surface area contributed by atoms with Gasteiger partial charge in [-0.2, -0.15) is 0 Å². The van der Waals surface area contributed by atoms with Crippen LogP contribution in [0.5, 0.6) is 0 Å². The van der Waals surface area contributed by atoms with Crippen LogP contribution in [0.2, 0.25) is 0 Å². The van der Waals surface area contributed by atoms with Crippen molar-refractivity contribution in [3.8, 4) is 0 Å². The molecule has 1 saturated carbocycles. The lowest BCUT2D eigenvalue weighted by molar-refractivity contribution is -0.295. The summed E-state index contributed by atoms with van der Waals surface area (Å²) in [6.45, 7) is -0.859. The molecule has 18 heteroatoms. The molecular formula is C17H27N9O9. The average molecular weight is 501 g/mol. The fraction of sp³-hybridized carbons (Fsp3) is 0.941. The van der Waals surface area contributed by atoms with Gasteiger partial charge in [-0.05, 0) is 35.4 Å². The predicted octanol–water partition coefficient (Wildman–Crippen LogP) is -1.07. The first-order valence-electron chi connectivity index (χ1n) is 10.6. The molecule has 18 nitrogen and oxygen atoms in total. The van der Waals surface area contributed by atoms with Crippen LogP contribution in [-0.2, 0) is 14.3 Å². The number of aliphatic hydroxyl groups is 6. The van der Waals surface area contributed by atoms with Gasteiger partial charge in [0.25, 0.3) is 0 Å². The molecule has 2 aliphatic rings. The average Bonchev–Trinajstić information content (AvgIpc) is 2.84. The molecule has 2 rings (SSSR count). The van der Waals surface area contributed by atoms with Crippen LogP contribution in [0.1, 0.15) is 19.3 Å². The summed E-state index contributed by atoms with van der Waals surface area (Å²) >= 11 is 0. The lowest BCUT2D eigenvalue weighted by Gasteiger charge is -2.46. The van der Waals surface area contributed by atoms with Gasteiger partial charge in [-0.25, -0.2) is 0 Å². The number of hydrogen-bond acceptors (Lipinski definition) is 12. The fourth-order valence-electron chi connectivity index (χ4n) is 4.14. The third-order valence-corrected chi connectivity index (χ3v) is 6.02. The largest absolute Gasteiger partial charge is 0.394 e. The number of rotatable bonds is 11. The molecule has 0 amide bonds. The van der Waals surface area contributed by atoms with Gasteiger partial charge in [-0.1, -0.05) is 15.3 Å². The highest BCUT2D eigenvalue weighted by atomic mass is 16.7. The molecule has 0 radical (unpaired) electrons. The molecule has 4 unspecified atom stereocenters. The van der Waals surface area contributed by atoms with Gasteiger partial charge in [0.1, 0.15) is 30.5 Å². The smallest absolute Gasteiger partial charge is 0.169 e. The Kier molecular flexibility index (Phi) is 10.9. The molecule has 194 valence electrons. The first-order chi connectivity index (χ1) is 16.7. The standard InChI is InChI=1S/C17H27N9O9/c18-24-21-2-1-8(28)9(29)4-6-3-7(22-25-19)16(15(33)12(6)30)35-17-11(23-26-20)14(32)13(31)10(5-27)34-17/h6-8,10-17,27-28,30-33H,1-5H2/t6-,7?,8-,10?,11-,12+,13+,14?,15?,16+,17+/m0/s1. The number of nitrogens with zero attached hydrogens (tertiary/aromatic N) is 9. The van der Waals surface area contributed by atoms with Crippen molar-refractivity contribution in [2.45, 2.75) is 80.4 Å². The van der Waals surface area contributed by atoms with Crippen LogP contribution in [-0.4, -0.2) is 111 Å². The molecule has 2 fully saturated rings. The third-order valence-electron chi connectivity index (χ3n) is 6.02. The zero-order chi connectivity index (χ0) is 26.1. The first-order valence-corrected chi connectivity index (χ1v) is 10.6.